The van der Waals surface area contributed by atoms with Crippen molar-refractivity contribution in [3.05, 3.63) is 34.3 Å². The van der Waals surface area contributed by atoms with Crippen LogP contribution in [0.4, 0.5) is 13.2 Å². The number of nitrogens with zero attached hydrogens (tertiary/aromatic N) is 2. The summed E-state index contributed by atoms with van der Waals surface area (Å²) in [4.78, 5) is 28.0. The summed E-state index contributed by atoms with van der Waals surface area (Å²) in [5, 5.41) is -0.0238. The molecule has 3 aliphatic heterocycles. The fourth-order valence-corrected chi connectivity index (χ4v) is 3.56. The Hall–Kier alpha value is -1.76. The lowest BCUT2D eigenvalue weighted by atomic mass is 9.95. The van der Waals surface area contributed by atoms with Gasteiger partial charge in [-0.15, -0.1) is 0 Å². The summed E-state index contributed by atoms with van der Waals surface area (Å²) in [6.45, 7) is 0.523. The lowest BCUT2D eigenvalue weighted by Gasteiger charge is -2.32. The van der Waals surface area contributed by atoms with Crippen LogP contribution in [0.3, 0.4) is 0 Å². The van der Waals surface area contributed by atoms with Crippen LogP contribution in [0.1, 0.15) is 28.8 Å². The number of benzene rings is 1. The molecule has 24 heavy (non-hydrogen) atoms. The molecule has 0 N–H and O–H groups in total. The second kappa shape index (κ2) is 5.95. The van der Waals surface area contributed by atoms with Crippen LogP contribution in [0.25, 0.3) is 0 Å². The SMILES string of the molecule is CN1C(=O)C2CCC1CN(C(=O)c1cc(C(F)(F)F)ccc1Cl)C2. The summed E-state index contributed by atoms with van der Waals surface area (Å²) < 4.78 is 38.7. The van der Waals surface area contributed by atoms with Gasteiger partial charge in [0.25, 0.3) is 5.91 Å². The van der Waals surface area contributed by atoms with Gasteiger partial charge in [-0.1, -0.05) is 11.6 Å². The van der Waals surface area contributed by atoms with E-state index in [0.29, 0.717) is 13.0 Å². The number of amides is 2. The highest BCUT2D eigenvalue weighted by molar-refractivity contribution is 6.33. The normalized spacial score (nSPS) is 24.3. The number of piperidine rings is 1. The van der Waals surface area contributed by atoms with Gasteiger partial charge in [-0.2, -0.15) is 13.2 Å². The monoisotopic (exact) mass is 360 g/mol. The molecule has 3 fully saturated rings. The van der Waals surface area contributed by atoms with Gasteiger partial charge in [-0.25, -0.2) is 0 Å². The van der Waals surface area contributed by atoms with Crippen LogP contribution >= 0.6 is 11.6 Å². The first kappa shape index (κ1) is 17.1. The summed E-state index contributed by atoms with van der Waals surface area (Å²) >= 11 is 5.95. The molecule has 2 unspecified atom stereocenters. The minimum Gasteiger partial charge on any atom is -0.341 e. The van der Waals surface area contributed by atoms with Crippen molar-refractivity contribution >= 4 is 23.4 Å². The summed E-state index contributed by atoms with van der Waals surface area (Å²) in [6, 6.07) is 2.61. The molecular weight excluding hydrogens is 345 g/mol. The Kier molecular flexibility index (Phi) is 4.23. The zero-order valence-electron chi connectivity index (χ0n) is 12.9. The minimum absolute atomic E-state index is 0.0170. The minimum atomic E-state index is -4.55. The van der Waals surface area contributed by atoms with Gasteiger partial charge in [0.05, 0.1) is 22.1 Å². The number of rotatable bonds is 1. The van der Waals surface area contributed by atoms with Crippen molar-refractivity contribution in [1.82, 2.24) is 9.80 Å². The molecule has 4 nitrogen and oxygen atoms in total. The van der Waals surface area contributed by atoms with Crippen LogP contribution < -0.4 is 0 Å². The third-order valence-corrected chi connectivity index (χ3v) is 5.11. The van der Waals surface area contributed by atoms with Crippen molar-refractivity contribution in [2.75, 3.05) is 20.1 Å². The summed E-state index contributed by atoms with van der Waals surface area (Å²) in [5.41, 5.74) is -1.09. The third-order valence-electron chi connectivity index (χ3n) is 4.78. The zero-order valence-corrected chi connectivity index (χ0v) is 13.7. The average Bonchev–Trinajstić information content (AvgIpc) is 2.80. The van der Waals surface area contributed by atoms with E-state index in [9.17, 15) is 22.8 Å². The lowest BCUT2D eigenvalue weighted by molar-refractivity contribution is -0.138. The van der Waals surface area contributed by atoms with Gasteiger partial charge in [-0.05, 0) is 31.0 Å². The average molecular weight is 361 g/mol. The quantitative estimate of drug-likeness (QED) is 0.772. The molecule has 0 aromatic heterocycles. The fourth-order valence-electron chi connectivity index (χ4n) is 3.36. The molecule has 0 spiro atoms. The van der Waals surface area contributed by atoms with Crippen LogP contribution in [-0.4, -0.2) is 47.8 Å². The largest absolute Gasteiger partial charge is 0.416 e. The number of hydrogen-bond donors (Lipinski definition) is 0. The van der Waals surface area contributed by atoms with Crippen LogP contribution in [0.2, 0.25) is 5.02 Å². The molecule has 2 bridgehead atoms. The Balaban J connectivity index is 1.91. The molecule has 3 saturated heterocycles. The smallest absolute Gasteiger partial charge is 0.341 e. The predicted molar refractivity (Wildman–Crippen MR) is 81.6 cm³/mol. The van der Waals surface area contributed by atoms with E-state index in [2.05, 4.69) is 0 Å². The molecule has 2 atom stereocenters. The van der Waals surface area contributed by atoms with Crippen LogP contribution in [0.5, 0.6) is 0 Å². The molecule has 1 aromatic carbocycles. The maximum atomic E-state index is 12.9. The van der Waals surface area contributed by atoms with Crippen LogP contribution in [0.15, 0.2) is 18.2 Å². The number of carbonyl (C=O) groups is 2. The van der Waals surface area contributed by atoms with Crippen molar-refractivity contribution in [2.45, 2.75) is 25.1 Å². The van der Waals surface area contributed by atoms with Crippen LogP contribution in [-0.2, 0) is 11.0 Å². The Morgan fingerprint density at radius 2 is 1.96 bits per heavy atom. The topological polar surface area (TPSA) is 40.6 Å². The third kappa shape index (κ3) is 2.97. The molecule has 2 amide bonds. The van der Waals surface area contributed by atoms with Crippen molar-refractivity contribution in [3.63, 3.8) is 0 Å². The molecule has 0 radical (unpaired) electrons. The number of halogens is 4. The Morgan fingerprint density at radius 3 is 2.62 bits per heavy atom. The second-order valence-corrected chi connectivity index (χ2v) is 6.69. The number of hydrogen-bond acceptors (Lipinski definition) is 2. The van der Waals surface area contributed by atoms with Gasteiger partial charge < -0.3 is 9.80 Å². The van der Waals surface area contributed by atoms with E-state index in [1.165, 1.54) is 4.90 Å². The summed E-state index contributed by atoms with van der Waals surface area (Å²) in [7, 11) is 1.70. The van der Waals surface area contributed by atoms with Crippen molar-refractivity contribution in [2.24, 2.45) is 5.92 Å². The number of fused-ring (bicyclic) bond motifs is 4. The first-order valence-electron chi connectivity index (χ1n) is 7.61. The first-order chi connectivity index (χ1) is 11.2. The van der Waals surface area contributed by atoms with E-state index in [1.807, 2.05) is 0 Å². The number of carbonyl (C=O) groups excluding carboxylic acids is 2. The molecule has 4 rings (SSSR count). The Labute approximate surface area is 142 Å². The molecule has 1 aromatic rings. The highest BCUT2D eigenvalue weighted by Gasteiger charge is 2.41. The van der Waals surface area contributed by atoms with Crippen molar-refractivity contribution in [3.8, 4) is 0 Å². The van der Waals surface area contributed by atoms with Gasteiger partial charge in [0.15, 0.2) is 0 Å². The molecule has 0 saturated carbocycles. The second-order valence-electron chi connectivity index (χ2n) is 6.28. The Bertz CT molecular complexity index is 692. The van der Waals surface area contributed by atoms with Gasteiger partial charge in [0.2, 0.25) is 5.91 Å². The van der Waals surface area contributed by atoms with Crippen LogP contribution in [0, 0.1) is 5.92 Å². The number of alkyl halides is 3. The van der Waals surface area contributed by atoms with E-state index in [1.54, 1.807) is 11.9 Å². The zero-order chi connectivity index (χ0) is 17.6. The highest BCUT2D eigenvalue weighted by Crippen LogP contribution is 2.33. The molecule has 3 aliphatic rings. The number of likely N-dealkylation sites (N-methyl/N-ethyl adjacent to an activating group) is 1. The van der Waals surface area contributed by atoms with Crippen molar-refractivity contribution < 1.29 is 22.8 Å². The summed E-state index contributed by atoms with van der Waals surface area (Å²) in [6.07, 6.45) is -3.07. The molecule has 8 heteroatoms. The van der Waals surface area contributed by atoms with E-state index in [-0.39, 0.29) is 35.0 Å². The van der Waals surface area contributed by atoms with E-state index < -0.39 is 17.6 Å². The molecule has 3 heterocycles. The highest BCUT2D eigenvalue weighted by atomic mass is 35.5. The van der Waals surface area contributed by atoms with Gasteiger partial charge >= 0.3 is 6.18 Å². The van der Waals surface area contributed by atoms with E-state index in [0.717, 1.165) is 24.6 Å². The van der Waals surface area contributed by atoms with Gasteiger partial charge in [0.1, 0.15) is 0 Å². The molecular formula is C16H16ClF3N2O2. The van der Waals surface area contributed by atoms with E-state index >= 15 is 0 Å². The molecule has 0 aliphatic carbocycles. The molecule has 130 valence electrons. The standard InChI is InChI=1S/C16H16ClF3N2O2/c1-21-11-4-2-9(14(21)23)7-22(8-11)15(24)12-6-10(16(18,19)20)3-5-13(12)17/h3,5-6,9,11H,2,4,7-8H2,1H3. The van der Waals surface area contributed by atoms with Gasteiger partial charge in [-0.3, -0.25) is 9.59 Å². The first-order valence-corrected chi connectivity index (χ1v) is 7.99. The predicted octanol–water partition coefficient (Wildman–Crippen LogP) is 3.05. The van der Waals surface area contributed by atoms with E-state index in [4.69, 9.17) is 11.6 Å². The summed E-state index contributed by atoms with van der Waals surface area (Å²) in [5.74, 6) is -0.884. The maximum Gasteiger partial charge on any atom is 0.416 e. The Morgan fingerprint density at radius 1 is 1.25 bits per heavy atom. The lowest BCUT2D eigenvalue weighted by Crippen LogP contribution is -2.45. The fraction of sp³-hybridized carbons (Fsp3) is 0.500. The van der Waals surface area contributed by atoms with Gasteiger partial charge in [0, 0.05) is 26.2 Å². The maximum absolute atomic E-state index is 12.9. The van der Waals surface area contributed by atoms with Crippen molar-refractivity contribution in [1.29, 1.82) is 0 Å².